The highest BCUT2D eigenvalue weighted by molar-refractivity contribution is 7.90. The minimum atomic E-state index is -3.27. The molecule has 1 aliphatic rings. The van der Waals surface area contributed by atoms with E-state index in [9.17, 15) is 13.5 Å². The summed E-state index contributed by atoms with van der Waals surface area (Å²) < 4.78 is 23.8. The van der Waals surface area contributed by atoms with Crippen LogP contribution in [0.2, 0.25) is 0 Å². The first kappa shape index (κ1) is 12.5. The molecule has 1 atom stereocenters. The van der Waals surface area contributed by atoms with Gasteiger partial charge in [-0.15, -0.1) is 0 Å². The lowest BCUT2D eigenvalue weighted by Crippen LogP contribution is -2.18. The Morgan fingerprint density at radius 2 is 2.00 bits per heavy atom. The molecule has 1 unspecified atom stereocenters. The third kappa shape index (κ3) is 2.09. The molecule has 0 bridgehead atoms. The second-order valence-corrected chi connectivity index (χ2v) is 6.65. The molecule has 1 aliphatic carbocycles. The average molecular weight is 255 g/mol. The molecule has 5 heteroatoms. The Kier molecular flexibility index (Phi) is 2.99. The van der Waals surface area contributed by atoms with Gasteiger partial charge in [-0.2, -0.15) is 0 Å². The standard InChI is InChI=1S/C12H17NO3S/c1-7-8(2)13-11-9(5-4-6-10(11)14)12(7)17(3,15)16/h10,14H,4-6H2,1-3H3. The Morgan fingerprint density at radius 1 is 1.35 bits per heavy atom. The van der Waals surface area contributed by atoms with Crippen molar-refractivity contribution in [3.05, 3.63) is 22.5 Å². The van der Waals surface area contributed by atoms with Crippen molar-refractivity contribution in [1.29, 1.82) is 0 Å². The van der Waals surface area contributed by atoms with Crippen molar-refractivity contribution in [2.45, 2.75) is 44.1 Å². The van der Waals surface area contributed by atoms with Crippen LogP contribution in [0.25, 0.3) is 0 Å². The number of pyridine rings is 1. The first-order valence-electron chi connectivity index (χ1n) is 5.70. The Morgan fingerprint density at radius 3 is 2.59 bits per heavy atom. The van der Waals surface area contributed by atoms with E-state index in [-0.39, 0.29) is 0 Å². The smallest absolute Gasteiger partial charge is 0.176 e. The number of aliphatic hydroxyl groups excluding tert-OH is 1. The highest BCUT2D eigenvalue weighted by atomic mass is 32.2. The van der Waals surface area contributed by atoms with Crippen molar-refractivity contribution in [2.24, 2.45) is 0 Å². The van der Waals surface area contributed by atoms with Crippen molar-refractivity contribution < 1.29 is 13.5 Å². The summed E-state index contributed by atoms with van der Waals surface area (Å²) in [4.78, 5) is 4.73. The van der Waals surface area contributed by atoms with Gasteiger partial charge in [0.25, 0.3) is 0 Å². The maximum atomic E-state index is 11.9. The molecular weight excluding hydrogens is 238 g/mol. The van der Waals surface area contributed by atoms with E-state index in [2.05, 4.69) is 4.98 Å². The molecule has 0 spiro atoms. The fourth-order valence-electron chi connectivity index (χ4n) is 2.47. The predicted molar refractivity (Wildman–Crippen MR) is 64.7 cm³/mol. The zero-order valence-corrected chi connectivity index (χ0v) is 11.1. The Labute approximate surface area is 102 Å². The molecule has 17 heavy (non-hydrogen) atoms. The van der Waals surface area contributed by atoms with E-state index in [0.29, 0.717) is 40.3 Å². The second kappa shape index (κ2) is 4.07. The molecule has 94 valence electrons. The molecular formula is C12H17NO3S. The first-order chi connectivity index (χ1) is 7.82. The van der Waals surface area contributed by atoms with Crippen LogP contribution in [-0.2, 0) is 16.3 Å². The Hall–Kier alpha value is -0.940. The van der Waals surface area contributed by atoms with Crippen LogP contribution in [-0.4, -0.2) is 24.8 Å². The fourth-order valence-corrected chi connectivity index (χ4v) is 3.83. The van der Waals surface area contributed by atoms with Gasteiger partial charge in [-0.1, -0.05) is 0 Å². The SMILES string of the molecule is Cc1nc2c(c(S(C)(=O)=O)c1C)CCCC2O. The highest BCUT2D eigenvalue weighted by Crippen LogP contribution is 2.34. The summed E-state index contributed by atoms with van der Waals surface area (Å²) in [6.07, 6.45) is 2.74. The van der Waals surface area contributed by atoms with Gasteiger partial charge in [-0.05, 0) is 44.2 Å². The Bertz CT molecular complexity index is 564. The van der Waals surface area contributed by atoms with Crippen molar-refractivity contribution in [3.63, 3.8) is 0 Å². The quantitative estimate of drug-likeness (QED) is 0.825. The second-order valence-electron chi connectivity index (χ2n) is 4.70. The van der Waals surface area contributed by atoms with Gasteiger partial charge in [0.1, 0.15) is 0 Å². The van der Waals surface area contributed by atoms with E-state index in [1.165, 1.54) is 6.26 Å². The lowest BCUT2D eigenvalue weighted by molar-refractivity contribution is 0.150. The number of sulfone groups is 1. The first-order valence-corrected chi connectivity index (χ1v) is 7.59. The number of hydrogen-bond acceptors (Lipinski definition) is 4. The maximum absolute atomic E-state index is 11.9. The van der Waals surface area contributed by atoms with Gasteiger partial charge in [-0.3, -0.25) is 4.98 Å². The predicted octanol–water partition coefficient (Wildman–Crippen LogP) is 1.47. The van der Waals surface area contributed by atoms with Gasteiger partial charge >= 0.3 is 0 Å². The van der Waals surface area contributed by atoms with Gasteiger partial charge in [-0.25, -0.2) is 8.42 Å². The van der Waals surface area contributed by atoms with E-state index < -0.39 is 15.9 Å². The lowest BCUT2D eigenvalue weighted by Gasteiger charge is -2.24. The largest absolute Gasteiger partial charge is 0.387 e. The third-order valence-corrected chi connectivity index (χ3v) is 4.64. The normalized spacial score (nSPS) is 20.1. The van der Waals surface area contributed by atoms with Crippen molar-refractivity contribution in [3.8, 4) is 0 Å². The monoisotopic (exact) mass is 255 g/mol. The zero-order chi connectivity index (χ0) is 12.8. The number of rotatable bonds is 1. The van der Waals surface area contributed by atoms with Gasteiger partial charge in [0.2, 0.25) is 0 Å². The molecule has 4 nitrogen and oxygen atoms in total. The van der Waals surface area contributed by atoms with Gasteiger partial charge in [0, 0.05) is 11.9 Å². The number of hydrogen-bond donors (Lipinski definition) is 1. The molecule has 0 aromatic carbocycles. The number of aromatic nitrogens is 1. The van der Waals surface area contributed by atoms with Crippen LogP contribution in [0.3, 0.4) is 0 Å². The van der Waals surface area contributed by atoms with E-state index >= 15 is 0 Å². The van der Waals surface area contributed by atoms with Crippen LogP contribution in [0.15, 0.2) is 4.90 Å². The number of fused-ring (bicyclic) bond motifs is 1. The highest BCUT2D eigenvalue weighted by Gasteiger charge is 2.28. The summed E-state index contributed by atoms with van der Waals surface area (Å²) in [7, 11) is -3.27. The zero-order valence-electron chi connectivity index (χ0n) is 10.3. The molecule has 2 rings (SSSR count). The summed E-state index contributed by atoms with van der Waals surface area (Å²) in [6.45, 7) is 3.56. The van der Waals surface area contributed by atoms with Crippen molar-refractivity contribution in [2.75, 3.05) is 6.26 Å². The van der Waals surface area contributed by atoms with Gasteiger partial charge in [0.15, 0.2) is 9.84 Å². The Balaban J connectivity index is 2.82. The molecule has 0 saturated carbocycles. The van der Waals surface area contributed by atoms with Crippen LogP contribution < -0.4 is 0 Å². The van der Waals surface area contributed by atoms with Gasteiger partial charge < -0.3 is 5.11 Å². The van der Waals surface area contributed by atoms with Crippen LogP contribution in [0.5, 0.6) is 0 Å². The molecule has 1 aromatic heterocycles. The van der Waals surface area contributed by atoms with Crippen LogP contribution in [0, 0.1) is 13.8 Å². The van der Waals surface area contributed by atoms with Crippen molar-refractivity contribution >= 4 is 9.84 Å². The van der Waals surface area contributed by atoms with Gasteiger partial charge in [0.05, 0.1) is 16.7 Å². The summed E-state index contributed by atoms with van der Waals surface area (Å²) in [5.41, 5.74) is 2.67. The molecule has 0 amide bonds. The fraction of sp³-hybridized carbons (Fsp3) is 0.583. The summed E-state index contributed by atoms with van der Waals surface area (Å²) in [5, 5.41) is 9.91. The van der Waals surface area contributed by atoms with Crippen molar-refractivity contribution in [1.82, 2.24) is 4.98 Å². The van der Waals surface area contributed by atoms with E-state index in [4.69, 9.17) is 0 Å². The van der Waals surface area contributed by atoms with Crippen LogP contribution >= 0.6 is 0 Å². The maximum Gasteiger partial charge on any atom is 0.176 e. The molecule has 1 N–H and O–H groups in total. The molecule has 0 radical (unpaired) electrons. The molecule has 0 saturated heterocycles. The molecule has 0 aliphatic heterocycles. The number of aryl methyl sites for hydroxylation is 1. The third-order valence-electron chi connectivity index (χ3n) is 3.35. The minimum absolute atomic E-state index is 0.374. The van der Waals surface area contributed by atoms with E-state index in [1.807, 2.05) is 0 Å². The van der Waals surface area contributed by atoms with Crippen LogP contribution in [0.1, 0.15) is 41.5 Å². The summed E-state index contributed by atoms with van der Waals surface area (Å²) in [6, 6.07) is 0. The molecule has 0 fully saturated rings. The minimum Gasteiger partial charge on any atom is -0.387 e. The summed E-state index contributed by atoms with van der Waals surface area (Å²) in [5.74, 6) is 0. The van der Waals surface area contributed by atoms with E-state index in [0.717, 1.165) is 6.42 Å². The van der Waals surface area contributed by atoms with Crippen LogP contribution in [0.4, 0.5) is 0 Å². The lowest BCUT2D eigenvalue weighted by atomic mass is 9.92. The topological polar surface area (TPSA) is 67.3 Å². The summed E-state index contributed by atoms with van der Waals surface area (Å²) >= 11 is 0. The molecule has 1 aromatic rings. The van der Waals surface area contributed by atoms with E-state index in [1.54, 1.807) is 13.8 Å². The average Bonchev–Trinajstić information content (AvgIpc) is 2.19. The molecule has 1 heterocycles. The number of nitrogens with zero attached hydrogens (tertiary/aromatic N) is 1. The number of aliphatic hydroxyl groups is 1.